The van der Waals surface area contributed by atoms with Gasteiger partial charge >= 0.3 is 0 Å². The van der Waals surface area contributed by atoms with Gasteiger partial charge in [-0.3, -0.25) is 0 Å². The fourth-order valence-electron chi connectivity index (χ4n) is 9.65. The van der Waals surface area contributed by atoms with Crippen molar-refractivity contribution in [3.8, 4) is 55.7 Å². The largest absolute Gasteiger partial charge is 0.208 e. The molecule has 0 amide bonds. The van der Waals surface area contributed by atoms with Gasteiger partial charge in [0, 0.05) is 26.3 Å². The SMILES string of the molecule is c1ccc(-c2nc(-c3cccc(-c4cc5ccccc5s4)c3)nc(-c3ccccc3-c3cc4ccc5cccc6c7cccc8ccc9cccc(c(c3)c4c56)c9c87)n2)cc1. The maximum Gasteiger partial charge on any atom is 0.164 e. The molecule has 0 radical (unpaired) electrons. The van der Waals surface area contributed by atoms with E-state index in [9.17, 15) is 0 Å². The van der Waals surface area contributed by atoms with Gasteiger partial charge in [-0.15, -0.1) is 11.3 Å². The van der Waals surface area contributed by atoms with E-state index in [1.54, 1.807) is 11.3 Å². The van der Waals surface area contributed by atoms with Gasteiger partial charge in [0.2, 0.25) is 0 Å². The predicted octanol–water partition coefficient (Wildman–Crippen LogP) is 15.8. The smallest absolute Gasteiger partial charge is 0.164 e. The second kappa shape index (κ2) is 13.4. The highest BCUT2D eigenvalue weighted by Crippen LogP contribution is 2.45. The van der Waals surface area contributed by atoms with E-state index >= 15 is 0 Å². The molecule has 61 heavy (non-hydrogen) atoms. The standard InChI is InChI=1S/C57H33N3S/c1-2-12-37(13-3-1)55-58-56(41-19-8-18-38(30-41)50-33-39-14-4-7-25-49(39)61-50)60-57(59-55)47-21-6-5-20-43(47)42-31-40-29-28-36-16-10-23-45-44-22-9-15-34-26-27-35-17-11-24-46(53(35)51(34)44)48(32-42)54(40)52(36)45/h1-33H. The Hall–Kier alpha value is -7.79. The minimum Gasteiger partial charge on any atom is -0.208 e. The first kappa shape index (κ1) is 34.1. The number of hydrogen-bond donors (Lipinski definition) is 0. The zero-order chi connectivity index (χ0) is 40.0. The van der Waals surface area contributed by atoms with Crippen molar-refractivity contribution in [3.05, 3.63) is 200 Å². The third-order valence-electron chi connectivity index (χ3n) is 12.4. The molecule has 4 heteroatoms. The quantitative estimate of drug-likeness (QED) is 0.163. The number of nitrogens with zero attached hydrogens (tertiary/aromatic N) is 3. The lowest BCUT2D eigenvalue weighted by Gasteiger charge is -2.18. The van der Waals surface area contributed by atoms with E-state index < -0.39 is 0 Å². The molecule has 0 aliphatic carbocycles. The average Bonchev–Trinajstić information content (AvgIpc) is 3.77. The van der Waals surface area contributed by atoms with Crippen molar-refractivity contribution in [3.63, 3.8) is 0 Å². The van der Waals surface area contributed by atoms with E-state index in [1.165, 1.54) is 79.6 Å². The molecule has 13 rings (SSSR count). The summed E-state index contributed by atoms with van der Waals surface area (Å²) in [5, 5.41) is 16.4. The summed E-state index contributed by atoms with van der Waals surface area (Å²) in [6, 6.07) is 72.4. The summed E-state index contributed by atoms with van der Waals surface area (Å²) in [6.07, 6.45) is 0. The highest BCUT2D eigenvalue weighted by molar-refractivity contribution is 7.22. The average molecular weight is 792 g/mol. The van der Waals surface area contributed by atoms with Crippen LogP contribution in [0.3, 0.4) is 0 Å². The highest BCUT2D eigenvalue weighted by Gasteiger charge is 2.20. The van der Waals surface area contributed by atoms with Gasteiger partial charge < -0.3 is 0 Å². The van der Waals surface area contributed by atoms with Crippen LogP contribution in [0.15, 0.2) is 200 Å². The Labute approximate surface area is 355 Å². The van der Waals surface area contributed by atoms with Crippen LogP contribution >= 0.6 is 11.3 Å². The molecular formula is C57H33N3S. The lowest BCUT2D eigenvalue weighted by molar-refractivity contribution is 1.07. The van der Waals surface area contributed by atoms with Crippen molar-refractivity contribution in [1.82, 2.24) is 15.0 Å². The molecule has 0 N–H and O–H groups in total. The molecule has 13 aromatic rings. The number of hydrogen-bond acceptors (Lipinski definition) is 4. The van der Waals surface area contributed by atoms with E-state index in [0.717, 1.165) is 33.4 Å². The molecule has 0 saturated heterocycles. The predicted molar refractivity (Wildman–Crippen MR) is 259 cm³/mol. The summed E-state index contributed by atoms with van der Waals surface area (Å²) >= 11 is 1.80. The van der Waals surface area contributed by atoms with Gasteiger partial charge in [0.25, 0.3) is 0 Å². The third kappa shape index (κ3) is 5.39. The first-order valence-corrected chi connectivity index (χ1v) is 21.5. The van der Waals surface area contributed by atoms with Crippen molar-refractivity contribution in [2.75, 3.05) is 0 Å². The molecule has 0 unspecified atom stereocenters. The number of rotatable bonds is 5. The van der Waals surface area contributed by atoms with Gasteiger partial charge in [-0.25, -0.2) is 15.0 Å². The van der Waals surface area contributed by atoms with Crippen LogP contribution in [0.2, 0.25) is 0 Å². The lowest BCUT2D eigenvalue weighted by Crippen LogP contribution is -2.01. The van der Waals surface area contributed by atoms with Crippen LogP contribution in [0.5, 0.6) is 0 Å². The molecule has 0 bridgehead atoms. The van der Waals surface area contributed by atoms with Crippen molar-refractivity contribution in [1.29, 1.82) is 0 Å². The summed E-state index contributed by atoms with van der Waals surface area (Å²) < 4.78 is 1.27. The van der Waals surface area contributed by atoms with Crippen molar-refractivity contribution < 1.29 is 0 Å². The summed E-state index contributed by atoms with van der Waals surface area (Å²) in [6.45, 7) is 0. The van der Waals surface area contributed by atoms with Gasteiger partial charge in [-0.05, 0) is 117 Å². The first-order chi connectivity index (χ1) is 30.2. The molecule has 3 nitrogen and oxygen atoms in total. The number of thiophene rings is 1. The maximum atomic E-state index is 5.31. The highest BCUT2D eigenvalue weighted by atomic mass is 32.1. The fourth-order valence-corrected chi connectivity index (χ4v) is 10.7. The van der Waals surface area contributed by atoms with Gasteiger partial charge in [-0.1, -0.05) is 170 Å². The molecule has 2 aromatic heterocycles. The summed E-state index contributed by atoms with van der Waals surface area (Å²) in [4.78, 5) is 16.9. The minimum atomic E-state index is 0.635. The second-order valence-corrected chi connectivity index (χ2v) is 17.0. The maximum absolute atomic E-state index is 5.31. The van der Waals surface area contributed by atoms with E-state index in [-0.39, 0.29) is 0 Å². The molecule has 11 aromatic carbocycles. The molecule has 0 aliphatic heterocycles. The van der Waals surface area contributed by atoms with Crippen LogP contribution in [-0.4, -0.2) is 15.0 Å². The van der Waals surface area contributed by atoms with Crippen LogP contribution in [0.1, 0.15) is 0 Å². The number of fused-ring (bicyclic) bond motifs is 3. The Bertz CT molecular complexity index is 3850. The first-order valence-electron chi connectivity index (χ1n) is 20.7. The van der Waals surface area contributed by atoms with E-state index in [1.807, 2.05) is 18.2 Å². The van der Waals surface area contributed by atoms with Gasteiger partial charge in [0.1, 0.15) is 0 Å². The Balaban J connectivity index is 1.07. The van der Waals surface area contributed by atoms with Gasteiger partial charge in [0.05, 0.1) is 0 Å². The normalized spacial score (nSPS) is 11.9. The van der Waals surface area contributed by atoms with Crippen LogP contribution in [0, 0.1) is 0 Å². The van der Waals surface area contributed by atoms with Crippen LogP contribution in [0.4, 0.5) is 0 Å². The van der Waals surface area contributed by atoms with Crippen molar-refractivity contribution in [2.24, 2.45) is 0 Å². The Morgan fingerprint density at radius 1 is 0.279 bits per heavy atom. The molecule has 0 aliphatic rings. The Morgan fingerprint density at radius 2 is 0.787 bits per heavy atom. The third-order valence-corrected chi connectivity index (χ3v) is 13.6. The zero-order valence-electron chi connectivity index (χ0n) is 32.8. The number of benzene rings is 10. The second-order valence-electron chi connectivity index (χ2n) is 15.9. The van der Waals surface area contributed by atoms with Crippen LogP contribution in [-0.2, 0) is 0 Å². The van der Waals surface area contributed by atoms with E-state index in [4.69, 9.17) is 15.0 Å². The summed E-state index contributed by atoms with van der Waals surface area (Å²) in [7, 11) is 0. The summed E-state index contributed by atoms with van der Waals surface area (Å²) in [5.74, 6) is 1.91. The van der Waals surface area contributed by atoms with E-state index in [0.29, 0.717) is 17.5 Å². The Kier molecular flexibility index (Phi) is 7.47. The van der Waals surface area contributed by atoms with E-state index in [2.05, 4.69) is 182 Å². The molecular weight excluding hydrogens is 759 g/mol. The van der Waals surface area contributed by atoms with Crippen LogP contribution in [0.25, 0.3) is 130 Å². The molecule has 0 saturated carbocycles. The molecule has 0 spiro atoms. The lowest BCUT2D eigenvalue weighted by atomic mass is 9.86. The van der Waals surface area contributed by atoms with Crippen LogP contribution < -0.4 is 0 Å². The van der Waals surface area contributed by atoms with Gasteiger partial charge in [0.15, 0.2) is 17.5 Å². The minimum absolute atomic E-state index is 0.635. The summed E-state index contributed by atoms with van der Waals surface area (Å²) in [5.41, 5.74) is 6.16. The van der Waals surface area contributed by atoms with Crippen molar-refractivity contribution in [2.45, 2.75) is 0 Å². The fraction of sp³-hybridized carbons (Fsp3) is 0. The monoisotopic (exact) mass is 791 g/mol. The zero-order valence-corrected chi connectivity index (χ0v) is 33.6. The van der Waals surface area contributed by atoms with Gasteiger partial charge in [-0.2, -0.15) is 0 Å². The molecule has 282 valence electrons. The molecule has 2 heterocycles. The molecule has 0 fully saturated rings. The topological polar surface area (TPSA) is 38.7 Å². The Morgan fingerprint density at radius 3 is 1.49 bits per heavy atom. The molecule has 0 atom stereocenters. The van der Waals surface area contributed by atoms with Crippen molar-refractivity contribution >= 4 is 86.1 Å². The number of aromatic nitrogens is 3.